The Kier molecular flexibility index (Phi) is 5.38. The number of nitrogens with one attached hydrogen (secondary N) is 3. The molecule has 1 aliphatic heterocycles. The van der Waals surface area contributed by atoms with Gasteiger partial charge in [-0.1, -0.05) is 11.6 Å². The van der Waals surface area contributed by atoms with Gasteiger partial charge in [-0.15, -0.1) is 22.9 Å². The quantitative estimate of drug-likeness (QED) is 0.490. The molecule has 3 aromatic rings. The number of rotatable bonds is 3. The zero-order valence-electron chi connectivity index (χ0n) is 16.8. The van der Waals surface area contributed by atoms with Crippen molar-refractivity contribution in [1.29, 1.82) is 0 Å². The van der Waals surface area contributed by atoms with Crippen LogP contribution >= 0.6 is 34.5 Å². The number of amides is 1. The molecule has 0 bridgehead atoms. The van der Waals surface area contributed by atoms with Crippen molar-refractivity contribution in [3.63, 3.8) is 0 Å². The van der Waals surface area contributed by atoms with Crippen LogP contribution in [0.1, 0.15) is 23.0 Å². The van der Waals surface area contributed by atoms with E-state index in [1.54, 1.807) is 12.4 Å². The number of H-pyrrole nitrogens is 1. The first kappa shape index (κ1) is 20.7. The van der Waals surface area contributed by atoms with Gasteiger partial charge in [0.1, 0.15) is 15.5 Å². The standard InChI is InChI=1S/C22H21Cl2N5OS/c1-22(24)8-13(23)6-12-9-25-10-14(7-17(12)22)29-20(30)18-11-28-21(31-18)16-3-5-27-19-15(16)2-4-26-19/h2-6,8,11,14,17,25H,7,9-10H2,1H3,(H,26,27)(H,29,30)/t14-,17?,22?/m0/s1. The molecule has 0 saturated carbocycles. The number of allylic oxidation sites excluding steroid dienone is 3. The second-order valence-corrected chi connectivity index (χ2v) is 10.4. The van der Waals surface area contributed by atoms with Crippen LogP contribution in [0.15, 0.2) is 53.5 Å². The zero-order valence-corrected chi connectivity index (χ0v) is 19.1. The summed E-state index contributed by atoms with van der Waals surface area (Å²) in [5.74, 6) is -0.0179. The highest BCUT2D eigenvalue weighted by Crippen LogP contribution is 2.41. The Morgan fingerprint density at radius 3 is 3.10 bits per heavy atom. The summed E-state index contributed by atoms with van der Waals surface area (Å²) in [4.78, 5) is 24.9. The number of aromatic amines is 1. The van der Waals surface area contributed by atoms with Crippen molar-refractivity contribution >= 4 is 51.5 Å². The molecule has 31 heavy (non-hydrogen) atoms. The van der Waals surface area contributed by atoms with Gasteiger partial charge in [0.15, 0.2) is 0 Å². The molecule has 5 rings (SSSR count). The summed E-state index contributed by atoms with van der Waals surface area (Å²) in [6.07, 6.45) is 9.84. The summed E-state index contributed by atoms with van der Waals surface area (Å²) < 4.78 is 0. The highest BCUT2D eigenvalue weighted by atomic mass is 35.5. The average molecular weight is 474 g/mol. The van der Waals surface area contributed by atoms with Crippen LogP contribution < -0.4 is 10.6 Å². The molecule has 1 aliphatic carbocycles. The van der Waals surface area contributed by atoms with Crippen LogP contribution in [-0.2, 0) is 0 Å². The third-order valence-corrected chi connectivity index (χ3v) is 7.49. The smallest absolute Gasteiger partial charge is 0.263 e. The number of aromatic nitrogens is 3. The van der Waals surface area contributed by atoms with Crippen LogP contribution in [0.25, 0.3) is 21.6 Å². The zero-order chi connectivity index (χ0) is 21.6. The van der Waals surface area contributed by atoms with Crippen molar-refractivity contribution in [1.82, 2.24) is 25.6 Å². The first-order chi connectivity index (χ1) is 14.9. The van der Waals surface area contributed by atoms with E-state index in [0.29, 0.717) is 23.0 Å². The van der Waals surface area contributed by atoms with Crippen LogP contribution in [0.3, 0.4) is 0 Å². The van der Waals surface area contributed by atoms with E-state index in [0.717, 1.165) is 28.0 Å². The first-order valence-electron chi connectivity index (χ1n) is 10.1. The average Bonchev–Trinajstić information content (AvgIpc) is 3.35. The fourth-order valence-corrected chi connectivity index (χ4v) is 6.01. The van der Waals surface area contributed by atoms with Gasteiger partial charge in [-0.05, 0) is 43.2 Å². The number of hydrogen-bond donors (Lipinski definition) is 3. The van der Waals surface area contributed by atoms with Crippen LogP contribution in [-0.4, -0.2) is 44.9 Å². The molecule has 2 unspecified atom stereocenters. The van der Waals surface area contributed by atoms with Crippen molar-refractivity contribution in [2.75, 3.05) is 13.1 Å². The minimum Gasteiger partial charge on any atom is -0.347 e. The Morgan fingerprint density at radius 2 is 2.23 bits per heavy atom. The van der Waals surface area contributed by atoms with E-state index in [4.69, 9.17) is 23.2 Å². The van der Waals surface area contributed by atoms with E-state index >= 15 is 0 Å². The molecule has 6 nitrogen and oxygen atoms in total. The number of carbonyl (C=O) groups excluding carboxylic acids is 1. The summed E-state index contributed by atoms with van der Waals surface area (Å²) >= 11 is 14.4. The first-order valence-corrected chi connectivity index (χ1v) is 11.7. The van der Waals surface area contributed by atoms with E-state index in [9.17, 15) is 4.79 Å². The van der Waals surface area contributed by atoms with E-state index in [-0.39, 0.29) is 17.9 Å². The maximum absolute atomic E-state index is 13.0. The summed E-state index contributed by atoms with van der Waals surface area (Å²) in [5, 5.41) is 9.02. The third-order valence-electron chi connectivity index (χ3n) is 5.87. The molecule has 0 aromatic carbocycles. The molecule has 2 aliphatic rings. The molecule has 1 fully saturated rings. The fraction of sp³-hybridized carbons (Fsp3) is 0.318. The molecule has 1 amide bonds. The highest BCUT2D eigenvalue weighted by molar-refractivity contribution is 7.17. The van der Waals surface area contributed by atoms with E-state index < -0.39 is 4.87 Å². The van der Waals surface area contributed by atoms with Crippen molar-refractivity contribution in [3.8, 4) is 10.6 Å². The van der Waals surface area contributed by atoms with Crippen LogP contribution in [0.4, 0.5) is 0 Å². The number of carbonyl (C=O) groups is 1. The number of alkyl halides is 1. The topological polar surface area (TPSA) is 82.7 Å². The molecular weight excluding hydrogens is 453 g/mol. The number of fused-ring (bicyclic) bond motifs is 2. The third kappa shape index (κ3) is 4.03. The normalized spacial score (nSPS) is 26.0. The summed E-state index contributed by atoms with van der Waals surface area (Å²) in [6.45, 7) is 3.36. The molecule has 4 heterocycles. The molecule has 160 valence electrons. The van der Waals surface area contributed by atoms with Gasteiger partial charge in [0.05, 0.1) is 11.1 Å². The SMILES string of the molecule is CC1(Cl)C=C(Cl)C=C2CNC[C@@H](NC(=O)c3cnc(-c4ccnc5[nH]ccc45)s3)CC21. The monoisotopic (exact) mass is 473 g/mol. The lowest BCUT2D eigenvalue weighted by atomic mass is 9.79. The van der Waals surface area contributed by atoms with Gasteiger partial charge in [-0.2, -0.15) is 0 Å². The van der Waals surface area contributed by atoms with Gasteiger partial charge in [0.2, 0.25) is 0 Å². The van der Waals surface area contributed by atoms with Gasteiger partial charge in [-0.3, -0.25) is 4.79 Å². The Bertz CT molecular complexity index is 1210. The summed E-state index contributed by atoms with van der Waals surface area (Å²) in [6, 6.07) is 3.84. The number of halogens is 2. The van der Waals surface area contributed by atoms with Crippen molar-refractivity contribution in [2.24, 2.45) is 5.92 Å². The van der Waals surface area contributed by atoms with E-state index in [1.165, 1.54) is 16.9 Å². The molecule has 3 atom stereocenters. The molecular formula is C22H21Cl2N5OS. The number of pyridine rings is 1. The minimum absolute atomic E-state index is 0.0467. The number of nitrogens with zero attached hydrogens (tertiary/aromatic N) is 2. The van der Waals surface area contributed by atoms with Crippen LogP contribution in [0.5, 0.6) is 0 Å². The largest absolute Gasteiger partial charge is 0.347 e. The van der Waals surface area contributed by atoms with Gasteiger partial charge >= 0.3 is 0 Å². The lowest BCUT2D eigenvalue weighted by Crippen LogP contribution is -2.42. The van der Waals surface area contributed by atoms with Crippen molar-refractivity contribution in [2.45, 2.75) is 24.3 Å². The molecule has 9 heteroatoms. The maximum Gasteiger partial charge on any atom is 0.263 e. The second kappa shape index (κ2) is 8.06. The lowest BCUT2D eigenvalue weighted by Gasteiger charge is -2.35. The maximum atomic E-state index is 13.0. The Morgan fingerprint density at radius 1 is 1.35 bits per heavy atom. The van der Waals surface area contributed by atoms with E-state index in [1.807, 2.05) is 37.4 Å². The lowest BCUT2D eigenvalue weighted by molar-refractivity contribution is 0.0936. The number of hydrogen-bond acceptors (Lipinski definition) is 5. The van der Waals surface area contributed by atoms with Gasteiger partial charge in [0.25, 0.3) is 5.91 Å². The van der Waals surface area contributed by atoms with E-state index in [2.05, 4.69) is 25.6 Å². The van der Waals surface area contributed by atoms with Gasteiger partial charge in [0, 0.05) is 53.4 Å². The molecule has 0 spiro atoms. The molecule has 0 radical (unpaired) electrons. The predicted octanol–water partition coefficient (Wildman–Crippen LogP) is 4.45. The fourth-order valence-electron chi connectivity index (χ4n) is 4.38. The Labute approximate surface area is 193 Å². The highest BCUT2D eigenvalue weighted by Gasteiger charge is 2.39. The van der Waals surface area contributed by atoms with Gasteiger partial charge < -0.3 is 15.6 Å². The van der Waals surface area contributed by atoms with Crippen LogP contribution in [0.2, 0.25) is 0 Å². The molecule has 1 saturated heterocycles. The molecule has 3 aromatic heterocycles. The summed E-state index contributed by atoms with van der Waals surface area (Å²) in [7, 11) is 0. The van der Waals surface area contributed by atoms with Crippen molar-refractivity contribution < 1.29 is 4.79 Å². The summed E-state index contributed by atoms with van der Waals surface area (Å²) in [5.41, 5.74) is 2.94. The van der Waals surface area contributed by atoms with Gasteiger partial charge in [-0.25, -0.2) is 9.97 Å². The second-order valence-electron chi connectivity index (χ2n) is 8.12. The van der Waals surface area contributed by atoms with Crippen molar-refractivity contribution in [3.05, 3.63) is 58.4 Å². The predicted molar refractivity (Wildman–Crippen MR) is 126 cm³/mol. The Balaban J connectivity index is 1.33. The van der Waals surface area contributed by atoms with Crippen LogP contribution in [0, 0.1) is 5.92 Å². The molecule has 3 N–H and O–H groups in total. The number of thiazole rings is 1. The Hall–Kier alpha value is -2.19. The minimum atomic E-state index is -0.572.